The molecule has 5 nitrogen and oxygen atoms in total. The molecule has 17 heavy (non-hydrogen) atoms. The van der Waals surface area contributed by atoms with Crippen molar-refractivity contribution in [2.75, 3.05) is 26.2 Å². The second-order valence-corrected chi connectivity index (χ2v) is 6.30. The highest BCUT2D eigenvalue weighted by atomic mass is 32.2. The van der Waals surface area contributed by atoms with Crippen LogP contribution in [0.4, 0.5) is 0 Å². The van der Waals surface area contributed by atoms with E-state index in [1.54, 1.807) is 4.31 Å². The number of hydrogen-bond donors (Lipinski definition) is 1. The Bertz CT molecular complexity index is 309. The molecule has 0 unspecified atom stereocenters. The number of aliphatic hydroxyl groups is 1. The monoisotopic (exact) mass is 264 g/mol. The predicted octanol–water partition coefficient (Wildman–Crippen LogP) is 0.810. The third-order valence-corrected chi connectivity index (χ3v) is 5.45. The Morgan fingerprint density at radius 3 is 2.18 bits per heavy atom. The van der Waals surface area contributed by atoms with Gasteiger partial charge in [0.05, 0.1) is 6.61 Å². The van der Waals surface area contributed by atoms with Crippen LogP contribution in [-0.2, 0) is 10.2 Å². The van der Waals surface area contributed by atoms with Crippen LogP contribution in [0.15, 0.2) is 0 Å². The molecule has 1 saturated heterocycles. The second kappa shape index (κ2) is 6.68. The molecule has 0 aromatic carbocycles. The van der Waals surface area contributed by atoms with E-state index in [1.807, 2.05) is 13.8 Å². The summed E-state index contributed by atoms with van der Waals surface area (Å²) in [5.41, 5.74) is 0. The van der Waals surface area contributed by atoms with Crippen LogP contribution in [-0.4, -0.2) is 54.4 Å². The number of hydrogen-bond acceptors (Lipinski definition) is 3. The second-order valence-electron chi connectivity index (χ2n) is 4.42. The highest BCUT2D eigenvalue weighted by Gasteiger charge is 2.34. The van der Waals surface area contributed by atoms with Crippen molar-refractivity contribution in [1.29, 1.82) is 0 Å². The van der Waals surface area contributed by atoms with Crippen molar-refractivity contribution in [2.24, 2.45) is 0 Å². The van der Waals surface area contributed by atoms with Crippen molar-refractivity contribution in [2.45, 2.75) is 45.6 Å². The lowest BCUT2D eigenvalue weighted by atomic mass is 10.2. The van der Waals surface area contributed by atoms with Crippen LogP contribution in [0, 0.1) is 0 Å². The summed E-state index contributed by atoms with van der Waals surface area (Å²) in [7, 11) is -3.38. The largest absolute Gasteiger partial charge is 0.395 e. The summed E-state index contributed by atoms with van der Waals surface area (Å²) < 4.78 is 27.9. The maximum absolute atomic E-state index is 12.4. The van der Waals surface area contributed by atoms with Crippen LogP contribution in [0.2, 0.25) is 0 Å². The Morgan fingerprint density at radius 1 is 1.24 bits per heavy atom. The van der Waals surface area contributed by atoms with Crippen LogP contribution >= 0.6 is 0 Å². The molecule has 0 bridgehead atoms. The van der Waals surface area contributed by atoms with E-state index < -0.39 is 10.2 Å². The topological polar surface area (TPSA) is 60.9 Å². The summed E-state index contributed by atoms with van der Waals surface area (Å²) in [5.74, 6) is 0. The Balaban J connectivity index is 2.87. The van der Waals surface area contributed by atoms with E-state index in [1.165, 1.54) is 4.31 Å². The van der Waals surface area contributed by atoms with Gasteiger partial charge in [-0.3, -0.25) is 0 Å². The molecule has 0 aromatic heterocycles. The fourth-order valence-corrected chi connectivity index (χ4v) is 4.35. The quantitative estimate of drug-likeness (QED) is 0.740. The zero-order chi connectivity index (χ0) is 12.9. The molecule has 0 aromatic rings. The van der Waals surface area contributed by atoms with Crippen LogP contribution in [0.25, 0.3) is 0 Å². The summed E-state index contributed by atoms with van der Waals surface area (Å²) in [5, 5.41) is 9.06. The van der Waals surface area contributed by atoms with E-state index in [9.17, 15) is 8.42 Å². The van der Waals surface area contributed by atoms with Crippen LogP contribution in [0.5, 0.6) is 0 Å². The molecular weight excluding hydrogens is 240 g/mol. The maximum atomic E-state index is 12.4. The summed E-state index contributed by atoms with van der Waals surface area (Å²) in [6, 6.07) is -0.00671. The molecular formula is C11H24N2O3S. The SMILES string of the molecule is CCC(CC)N(CCO)S(=O)(=O)N1CCCC1. The van der Waals surface area contributed by atoms with E-state index >= 15 is 0 Å². The molecule has 102 valence electrons. The van der Waals surface area contributed by atoms with Crippen LogP contribution in [0.3, 0.4) is 0 Å². The molecule has 0 saturated carbocycles. The van der Waals surface area contributed by atoms with E-state index in [4.69, 9.17) is 5.11 Å². The van der Waals surface area contributed by atoms with Crippen LogP contribution in [0.1, 0.15) is 39.5 Å². The average Bonchev–Trinajstić information content (AvgIpc) is 2.83. The van der Waals surface area contributed by atoms with Crippen molar-refractivity contribution in [3.63, 3.8) is 0 Å². The molecule has 1 N–H and O–H groups in total. The van der Waals surface area contributed by atoms with Crippen molar-refractivity contribution in [3.05, 3.63) is 0 Å². The molecule has 0 aliphatic carbocycles. The lowest BCUT2D eigenvalue weighted by molar-refractivity contribution is 0.210. The standard InChI is InChI=1S/C11H24N2O3S/c1-3-11(4-2)13(9-10-14)17(15,16)12-7-5-6-8-12/h11,14H,3-10H2,1-2H3. The van der Waals surface area contributed by atoms with Crippen LogP contribution < -0.4 is 0 Å². The number of nitrogens with zero attached hydrogens (tertiary/aromatic N) is 2. The highest BCUT2D eigenvalue weighted by molar-refractivity contribution is 7.86. The molecule has 0 atom stereocenters. The van der Waals surface area contributed by atoms with Gasteiger partial charge in [0.2, 0.25) is 0 Å². The third kappa shape index (κ3) is 3.40. The molecule has 1 aliphatic rings. The summed E-state index contributed by atoms with van der Waals surface area (Å²) in [4.78, 5) is 0. The van der Waals surface area contributed by atoms with Gasteiger partial charge in [0.15, 0.2) is 0 Å². The van der Waals surface area contributed by atoms with Crippen molar-refractivity contribution in [3.8, 4) is 0 Å². The lowest BCUT2D eigenvalue weighted by Crippen LogP contribution is -2.48. The van der Waals surface area contributed by atoms with Gasteiger partial charge in [-0.25, -0.2) is 0 Å². The molecule has 0 amide bonds. The fourth-order valence-electron chi connectivity index (χ4n) is 2.35. The first-order valence-corrected chi connectivity index (χ1v) is 7.85. The van der Waals surface area contributed by atoms with Gasteiger partial charge < -0.3 is 5.11 Å². The van der Waals surface area contributed by atoms with Gasteiger partial charge in [-0.15, -0.1) is 0 Å². The summed E-state index contributed by atoms with van der Waals surface area (Å²) in [6.45, 7) is 5.28. The third-order valence-electron chi connectivity index (χ3n) is 3.36. The van der Waals surface area contributed by atoms with Crippen molar-refractivity contribution in [1.82, 2.24) is 8.61 Å². The first kappa shape index (κ1) is 14.9. The van der Waals surface area contributed by atoms with E-state index in [0.29, 0.717) is 13.1 Å². The Kier molecular flexibility index (Phi) is 5.85. The van der Waals surface area contributed by atoms with E-state index in [0.717, 1.165) is 25.7 Å². The molecule has 1 aliphatic heterocycles. The zero-order valence-corrected chi connectivity index (χ0v) is 11.6. The predicted molar refractivity (Wildman–Crippen MR) is 67.9 cm³/mol. The first-order chi connectivity index (χ1) is 8.07. The fraction of sp³-hybridized carbons (Fsp3) is 1.00. The average molecular weight is 264 g/mol. The molecule has 1 rings (SSSR count). The Hall–Kier alpha value is -0.170. The minimum absolute atomic E-state index is 0.00671. The number of aliphatic hydroxyl groups excluding tert-OH is 1. The molecule has 6 heteroatoms. The Morgan fingerprint density at radius 2 is 1.76 bits per heavy atom. The summed E-state index contributed by atoms with van der Waals surface area (Å²) in [6.07, 6.45) is 3.44. The van der Waals surface area contributed by atoms with E-state index in [2.05, 4.69) is 0 Å². The smallest absolute Gasteiger partial charge is 0.282 e. The van der Waals surface area contributed by atoms with Crippen molar-refractivity contribution < 1.29 is 13.5 Å². The van der Waals surface area contributed by atoms with E-state index in [-0.39, 0.29) is 19.2 Å². The van der Waals surface area contributed by atoms with Gasteiger partial charge in [-0.2, -0.15) is 17.0 Å². The maximum Gasteiger partial charge on any atom is 0.282 e. The number of rotatable bonds is 7. The summed E-state index contributed by atoms with van der Waals surface area (Å²) >= 11 is 0. The van der Waals surface area contributed by atoms with Gasteiger partial charge in [0.25, 0.3) is 10.2 Å². The lowest BCUT2D eigenvalue weighted by Gasteiger charge is -2.32. The Labute approximate surface area is 105 Å². The van der Waals surface area contributed by atoms with Gasteiger partial charge in [-0.1, -0.05) is 13.8 Å². The minimum Gasteiger partial charge on any atom is -0.395 e. The van der Waals surface area contributed by atoms with Gasteiger partial charge in [0, 0.05) is 25.7 Å². The molecule has 1 fully saturated rings. The highest BCUT2D eigenvalue weighted by Crippen LogP contribution is 2.20. The van der Waals surface area contributed by atoms with Gasteiger partial charge >= 0.3 is 0 Å². The first-order valence-electron chi connectivity index (χ1n) is 6.45. The van der Waals surface area contributed by atoms with Crippen molar-refractivity contribution >= 4 is 10.2 Å². The normalized spacial score (nSPS) is 18.4. The minimum atomic E-state index is -3.38. The molecule has 0 radical (unpaired) electrons. The van der Waals surface area contributed by atoms with Gasteiger partial charge in [0.1, 0.15) is 0 Å². The zero-order valence-electron chi connectivity index (χ0n) is 10.8. The molecule has 0 spiro atoms. The van der Waals surface area contributed by atoms with Gasteiger partial charge in [-0.05, 0) is 25.7 Å². The molecule has 1 heterocycles.